The van der Waals surface area contributed by atoms with E-state index in [9.17, 15) is 14.4 Å². The Hall–Kier alpha value is -5.01. The van der Waals surface area contributed by atoms with Crippen molar-refractivity contribution in [3.8, 4) is 5.69 Å². The molecule has 0 radical (unpaired) electrons. The number of fused-ring (bicyclic) bond motifs is 3. The second-order valence-corrected chi connectivity index (χ2v) is 11.4. The van der Waals surface area contributed by atoms with Crippen LogP contribution in [0, 0.1) is 6.57 Å². The summed E-state index contributed by atoms with van der Waals surface area (Å²) in [5, 5.41) is 7.38. The Morgan fingerprint density at radius 2 is 1.79 bits per heavy atom. The van der Waals surface area contributed by atoms with Crippen LogP contribution in [-0.2, 0) is 19.4 Å². The topological polar surface area (TPSA) is 93.1 Å². The van der Waals surface area contributed by atoms with Gasteiger partial charge in [0, 0.05) is 46.2 Å². The number of amides is 2. The third-order valence-corrected chi connectivity index (χ3v) is 8.54. The minimum atomic E-state index is -0.270. The summed E-state index contributed by atoms with van der Waals surface area (Å²) in [6, 6.07) is 21.6. The molecule has 0 bridgehead atoms. The lowest BCUT2D eigenvalue weighted by Crippen LogP contribution is -2.46. The van der Waals surface area contributed by atoms with Gasteiger partial charge >= 0.3 is 0 Å². The zero-order valence-electron chi connectivity index (χ0n) is 23.5. The van der Waals surface area contributed by atoms with Gasteiger partial charge in [-0.15, -0.1) is 0 Å². The predicted octanol–water partition coefficient (Wildman–Crippen LogP) is 5.34. The first-order chi connectivity index (χ1) is 20.8. The van der Waals surface area contributed by atoms with Crippen LogP contribution in [0.15, 0.2) is 88.3 Å². The highest BCUT2D eigenvalue weighted by Crippen LogP contribution is 2.30. The van der Waals surface area contributed by atoms with Crippen LogP contribution in [0.5, 0.6) is 0 Å². The van der Waals surface area contributed by atoms with Gasteiger partial charge in [0.25, 0.3) is 17.4 Å². The quantitative estimate of drug-likeness (QED) is 0.264. The second-order valence-electron chi connectivity index (χ2n) is 10.5. The zero-order chi connectivity index (χ0) is 30.2. The Labute approximate surface area is 256 Å². The molecule has 43 heavy (non-hydrogen) atoms. The number of rotatable bonds is 5. The molecule has 1 aliphatic heterocycles. The van der Waals surface area contributed by atoms with Crippen molar-refractivity contribution >= 4 is 39.1 Å². The van der Waals surface area contributed by atoms with Gasteiger partial charge in [-0.3, -0.25) is 19.0 Å². The van der Waals surface area contributed by atoms with Crippen molar-refractivity contribution in [2.45, 2.75) is 32.4 Å². The van der Waals surface area contributed by atoms with Crippen LogP contribution in [0.1, 0.15) is 50.0 Å². The third-order valence-electron chi connectivity index (χ3n) is 7.87. The molecule has 5 aromatic rings. The molecule has 10 heteroatoms. The first-order valence-corrected chi connectivity index (χ1v) is 14.6. The van der Waals surface area contributed by atoms with Crippen LogP contribution in [-0.4, -0.2) is 44.0 Å². The number of aromatic nitrogens is 3. The van der Waals surface area contributed by atoms with Crippen LogP contribution < -0.4 is 10.9 Å². The molecule has 0 aliphatic carbocycles. The molecule has 1 N–H and O–H groups in total. The number of nitrogens with one attached hydrogen (secondary N) is 1. The van der Waals surface area contributed by atoms with Crippen LogP contribution in [0.2, 0.25) is 0 Å². The smallest absolute Gasteiger partial charge is 0.261 e. The summed E-state index contributed by atoms with van der Waals surface area (Å²) >= 11 is 3.36. The molecule has 1 unspecified atom stereocenters. The van der Waals surface area contributed by atoms with E-state index in [0.29, 0.717) is 56.7 Å². The average molecular weight is 636 g/mol. The summed E-state index contributed by atoms with van der Waals surface area (Å²) in [7, 11) is 1.57. The third kappa shape index (κ3) is 5.02. The molecule has 2 amide bonds. The number of benzene rings is 3. The van der Waals surface area contributed by atoms with Gasteiger partial charge in [0.15, 0.2) is 0 Å². The summed E-state index contributed by atoms with van der Waals surface area (Å²) in [5.74, 6) is -0.425. The van der Waals surface area contributed by atoms with E-state index < -0.39 is 0 Å². The highest BCUT2D eigenvalue weighted by Gasteiger charge is 2.33. The standard InChI is InChI=1S/C33H27BrN6O3/c1-20-15-26-29(19-38(20)32(42)23-11-14-27(34)28(17-23)35-2)40-31(24(18-37-40)16-21-7-5-4-6-8-21)39(33(26)43)25-12-9-22(10-13-25)30(41)36-3/h4-14,17-18,20H,15-16,19H2,1,3H3,(H,36,41). The molecule has 1 aliphatic rings. The highest BCUT2D eigenvalue weighted by atomic mass is 79.9. The van der Waals surface area contributed by atoms with Crippen LogP contribution >= 0.6 is 15.9 Å². The minimum absolute atomic E-state index is 0.178. The molecular weight excluding hydrogens is 608 g/mol. The van der Waals surface area contributed by atoms with Crippen molar-refractivity contribution < 1.29 is 9.59 Å². The van der Waals surface area contributed by atoms with Gasteiger partial charge in [-0.2, -0.15) is 5.10 Å². The molecule has 6 rings (SSSR count). The Morgan fingerprint density at radius 3 is 2.49 bits per heavy atom. The normalized spacial score (nSPS) is 14.3. The summed E-state index contributed by atoms with van der Waals surface area (Å²) < 4.78 is 4.07. The number of carbonyl (C=O) groups excluding carboxylic acids is 2. The fraction of sp³-hybridized carbons (Fsp3) is 0.182. The summed E-state index contributed by atoms with van der Waals surface area (Å²) in [5.41, 5.74) is 5.49. The van der Waals surface area contributed by atoms with Crippen molar-refractivity contribution in [3.05, 3.63) is 139 Å². The van der Waals surface area contributed by atoms with E-state index in [0.717, 1.165) is 11.1 Å². The van der Waals surface area contributed by atoms with Gasteiger partial charge in [-0.1, -0.05) is 58.4 Å². The van der Waals surface area contributed by atoms with E-state index >= 15 is 0 Å². The van der Waals surface area contributed by atoms with Gasteiger partial charge in [-0.05, 0) is 49.2 Å². The van der Waals surface area contributed by atoms with E-state index in [1.54, 1.807) is 69.7 Å². The lowest BCUT2D eigenvalue weighted by atomic mass is 9.98. The molecule has 0 spiro atoms. The molecule has 3 aromatic carbocycles. The maximum Gasteiger partial charge on any atom is 0.261 e. The van der Waals surface area contributed by atoms with Crippen molar-refractivity contribution in [3.63, 3.8) is 0 Å². The summed E-state index contributed by atoms with van der Waals surface area (Å²) in [6.07, 6.45) is 2.67. The fourth-order valence-corrected chi connectivity index (χ4v) is 5.98. The Kier molecular flexibility index (Phi) is 7.42. The van der Waals surface area contributed by atoms with Gasteiger partial charge in [0.05, 0.1) is 30.7 Å². The van der Waals surface area contributed by atoms with Gasteiger partial charge < -0.3 is 10.2 Å². The largest absolute Gasteiger partial charge is 0.355 e. The first kappa shape index (κ1) is 28.1. The highest BCUT2D eigenvalue weighted by molar-refractivity contribution is 9.10. The molecule has 2 aromatic heterocycles. The van der Waals surface area contributed by atoms with E-state index in [2.05, 4.69) is 26.1 Å². The van der Waals surface area contributed by atoms with Gasteiger partial charge in [0.2, 0.25) is 5.69 Å². The number of hydrogen-bond acceptors (Lipinski definition) is 4. The Bertz CT molecular complexity index is 1990. The van der Waals surface area contributed by atoms with Crippen LogP contribution in [0.4, 0.5) is 5.69 Å². The van der Waals surface area contributed by atoms with E-state index in [1.807, 2.05) is 37.3 Å². The Morgan fingerprint density at radius 1 is 1.07 bits per heavy atom. The molecule has 9 nitrogen and oxygen atoms in total. The van der Waals surface area contributed by atoms with E-state index in [4.69, 9.17) is 11.7 Å². The number of nitrogens with zero attached hydrogens (tertiary/aromatic N) is 5. The zero-order valence-corrected chi connectivity index (χ0v) is 25.1. The van der Waals surface area contributed by atoms with Crippen molar-refractivity contribution in [2.75, 3.05) is 7.05 Å². The van der Waals surface area contributed by atoms with Gasteiger partial charge in [-0.25, -0.2) is 9.36 Å². The van der Waals surface area contributed by atoms with Crippen molar-refractivity contribution in [1.29, 1.82) is 0 Å². The van der Waals surface area contributed by atoms with Gasteiger partial charge in [0.1, 0.15) is 5.65 Å². The number of halogens is 1. The van der Waals surface area contributed by atoms with E-state index in [1.165, 1.54) is 0 Å². The molecule has 1 atom stereocenters. The second kappa shape index (κ2) is 11.3. The number of hydrogen-bond donors (Lipinski definition) is 1. The lowest BCUT2D eigenvalue weighted by Gasteiger charge is -2.35. The van der Waals surface area contributed by atoms with E-state index in [-0.39, 0.29) is 30.0 Å². The SMILES string of the molecule is [C-]#[N+]c1cc(C(=O)N2Cc3c(c(=O)n(-c4ccc(C(=O)NC)cc4)c4c(Cc5ccccc5)cnn34)CC2C)ccc1Br. The maximum atomic E-state index is 14.3. The lowest BCUT2D eigenvalue weighted by molar-refractivity contribution is 0.0651. The Balaban J connectivity index is 1.50. The van der Waals surface area contributed by atoms with Crippen molar-refractivity contribution in [1.82, 2.24) is 24.4 Å². The predicted molar refractivity (Wildman–Crippen MR) is 167 cm³/mol. The number of carbonyl (C=O) groups is 2. The summed E-state index contributed by atoms with van der Waals surface area (Å²) in [6.45, 7) is 9.54. The monoisotopic (exact) mass is 634 g/mol. The molecule has 0 fully saturated rings. The molecule has 3 heterocycles. The van der Waals surface area contributed by atoms with Crippen LogP contribution in [0.3, 0.4) is 0 Å². The minimum Gasteiger partial charge on any atom is -0.355 e. The first-order valence-electron chi connectivity index (χ1n) is 13.8. The molecular formula is C33H27BrN6O3. The molecule has 214 valence electrons. The van der Waals surface area contributed by atoms with Crippen LogP contribution in [0.25, 0.3) is 16.2 Å². The van der Waals surface area contributed by atoms with Crippen molar-refractivity contribution in [2.24, 2.45) is 0 Å². The molecule has 0 saturated carbocycles. The molecule has 0 saturated heterocycles. The fourth-order valence-electron chi connectivity index (χ4n) is 5.64. The average Bonchev–Trinajstić information content (AvgIpc) is 3.44. The summed E-state index contributed by atoms with van der Waals surface area (Å²) in [4.78, 5) is 45.5. The maximum absolute atomic E-state index is 14.3.